The van der Waals surface area contributed by atoms with Crippen LogP contribution in [0.2, 0.25) is 0 Å². The number of hydrogen-bond donors (Lipinski definition) is 0. The van der Waals surface area contributed by atoms with Gasteiger partial charge in [-0.25, -0.2) is 0 Å². The van der Waals surface area contributed by atoms with E-state index in [2.05, 4.69) is 6.92 Å². The van der Waals surface area contributed by atoms with Gasteiger partial charge in [0.05, 0.1) is 19.4 Å². The number of benzene rings is 1. The molecule has 27 heavy (non-hydrogen) atoms. The van der Waals surface area contributed by atoms with Crippen LogP contribution in [0.1, 0.15) is 71.1 Å². The highest BCUT2D eigenvalue weighted by atomic mass is 16.6. The Balaban J connectivity index is 1.90. The SMILES string of the molecule is CCCCCCCCCCOC(=O)CCC(=O)OCCOc1ccccc1. The molecule has 0 aliphatic carbocycles. The van der Waals surface area contributed by atoms with Crippen molar-refractivity contribution in [1.29, 1.82) is 0 Å². The van der Waals surface area contributed by atoms with Crippen molar-refractivity contribution in [3.05, 3.63) is 30.3 Å². The van der Waals surface area contributed by atoms with E-state index in [1.807, 2.05) is 30.3 Å². The van der Waals surface area contributed by atoms with Gasteiger partial charge in [-0.2, -0.15) is 0 Å². The van der Waals surface area contributed by atoms with Crippen LogP contribution in [0.4, 0.5) is 0 Å². The van der Waals surface area contributed by atoms with Crippen molar-refractivity contribution in [1.82, 2.24) is 0 Å². The number of carbonyl (C=O) groups excluding carboxylic acids is 2. The van der Waals surface area contributed by atoms with Gasteiger partial charge >= 0.3 is 11.9 Å². The topological polar surface area (TPSA) is 61.8 Å². The number of rotatable bonds is 16. The second-order valence-electron chi connectivity index (χ2n) is 6.58. The van der Waals surface area contributed by atoms with Crippen molar-refractivity contribution in [2.75, 3.05) is 19.8 Å². The van der Waals surface area contributed by atoms with E-state index in [1.54, 1.807) is 0 Å². The molecule has 0 aliphatic rings. The molecule has 1 aromatic carbocycles. The van der Waals surface area contributed by atoms with Crippen molar-refractivity contribution in [3.63, 3.8) is 0 Å². The smallest absolute Gasteiger partial charge is 0.306 e. The molecule has 5 nitrogen and oxygen atoms in total. The third-order valence-corrected chi connectivity index (χ3v) is 4.15. The van der Waals surface area contributed by atoms with Crippen LogP contribution in [0.3, 0.4) is 0 Å². The Labute approximate surface area is 163 Å². The van der Waals surface area contributed by atoms with Crippen LogP contribution in [0.25, 0.3) is 0 Å². The highest BCUT2D eigenvalue weighted by Gasteiger charge is 2.09. The zero-order chi connectivity index (χ0) is 19.6. The standard InChI is InChI=1S/C22H34O5/c1-2-3-4-5-6-7-8-12-17-26-21(23)15-16-22(24)27-19-18-25-20-13-10-9-11-14-20/h9-11,13-14H,2-8,12,15-19H2,1H3. The molecule has 0 aromatic heterocycles. The molecule has 5 heteroatoms. The maximum Gasteiger partial charge on any atom is 0.306 e. The van der Waals surface area contributed by atoms with Crippen molar-refractivity contribution in [3.8, 4) is 5.75 Å². The molecule has 0 amide bonds. The van der Waals surface area contributed by atoms with Crippen LogP contribution >= 0.6 is 0 Å². The summed E-state index contributed by atoms with van der Waals surface area (Å²) in [6.07, 6.45) is 9.74. The van der Waals surface area contributed by atoms with E-state index in [1.165, 1.54) is 38.5 Å². The highest BCUT2D eigenvalue weighted by molar-refractivity contribution is 5.77. The fourth-order valence-electron chi connectivity index (χ4n) is 2.60. The van der Waals surface area contributed by atoms with Crippen LogP contribution in [0.5, 0.6) is 5.75 Å². The van der Waals surface area contributed by atoms with Gasteiger partial charge in [0.25, 0.3) is 0 Å². The number of ether oxygens (including phenoxy) is 3. The lowest BCUT2D eigenvalue weighted by molar-refractivity contribution is -0.150. The van der Waals surface area contributed by atoms with E-state index in [0.717, 1.165) is 18.6 Å². The van der Waals surface area contributed by atoms with Crippen LogP contribution in [-0.2, 0) is 19.1 Å². The largest absolute Gasteiger partial charge is 0.490 e. The van der Waals surface area contributed by atoms with E-state index < -0.39 is 5.97 Å². The molecule has 0 bridgehead atoms. The fraction of sp³-hybridized carbons (Fsp3) is 0.636. The van der Waals surface area contributed by atoms with Gasteiger partial charge in [-0.1, -0.05) is 70.1 Å². The lowest BCUT2D eigenvalue weighted by atomic mass is 10.1. The molecular formula is C22H34O5. The van der Waals surface area contributed by atoms with Gasteiger partial charge in [-0.3, -0.25) is 9.59 Å². The van der Waals surface area contributed by atoms with E-state index in [0.29, 0.717) is 13.2 Å². The third-order valence-electron chi connectivity index (χ3n) is 4.15. The van der Waals surface area contributed by atoms with Crippen molar-refractivity contribution < 1.29 is 23.8 Å². The molecule has 0 N–H and O–H groups in total. The normalized spacial score (nSPS) is 10.4. The van der Waals surface area contributed by atoms with E-state index >= 15 is 0 Å². The molecule has 152 valence electrons. The first-order valence-electron chi connectivity index (χ1n) is 10.2. The van der Waals surface area contributed by atoms with Crippen LogP contribution in [0, 0.1) is 0 Å². The molecule has 0 atom stereocenters. The monoisotopic (exact) mass is 378 g/mol. The van der Waals surface area contributed by atoms with E-state index in [4.69, 9.17) is 14.2 Å². The predicted molar refractivity (Wildman–Crippen MR) is 106 cm³/mol. The number of carbonyl (C=O) groups is 2. The van der Waals surface area contributed by atoms with E-state index in [-0.39, 0.29) is 25.4 Å². The summed E-state index contributed by atoms with van der Waals surface area (Å²) >= 11 is 0. The number of esters is 2. The lowest BCUT2D eigenvalue weighted by Crippen LogP contribution is -2.14. The minimum atomic E-state index is -0.407. The summed E-state index contributed by atoms with van der Waals surface area (Å²) in [6, 6.07) is 9.33. The van der Waals surface area contributed by atoms with Crippen LogP contribution in [-0.4, -0.2) is 31.8 Å². The fourth-order valence-corrected chi connectivity index (χ4v) is 2.60. The minimum absolute atomic E-state index is 0.0433. The second kappa shape index (κ2) is 16.2. The molecule has 0 aliphatic heterocycles. The Morgan fingerprint density at radius 3 is 1.89 bits per heavy atom. The zero-order valence-corrected chi connectivity index (χ0v) is 16.6. The van der Waals surface area contributed by atoms with Crippen LogP contribution in [0.15, 0.2) is 30.3 Å². The average Bonchev–Trinajstić information content (AvgIpc) is 2.69. The Kier molecular flexibility index (Phi) is 13.8. The Morgan fingerprint density at radius 1 is 0.704 bits per heavy atom. The van der Waals surface area contributed by atoms with Gasteiger partial charge in [-0.05, 0) is 18.6 Å². The molecule has 0 fully saturated rings. The summed E-state index contributed by atoms with van der Waals surface area (Å²) in [7, 11) is 0. The van der Waals surface area contributed by atoms with Crippen molar-refractivity contribution in [2.24, 2.45) is 0 Å². The molecule has 0 saturated heterocycles. The number of hydrogen-bond acceptors (Lipinski definition) is 5. The Hall–Kier alpha value is -2.04. The lowest BCUT2D eigenvalue weighted by Gasteiger charge is -2.07. The molecule has 0 unspecified atom stereocenters. The van der Waals surface area contributed by atoms with Gasteiger partial charge in [0.2, 0.25) is 0 Å². The second-order valence-corrected chi connectivity index (χ2v) is 6.58. The Morgan fingerprint density at radius 2 is 1.26 bits per heavy atom. The predicted octanol–water partition coefficient (Wildman–Crippen LogP) is 5.07. The summed E-state index contributed by atoms with van der Waals surface area (Å²) in [5, 5.41) is 0. The Bertz CT molecular complexity index is 501. The first-order valence-corrected chi connectivity index (χ1v) is 10.2. The number of para-hydroxylation sites is 1. The molecule has 1 rings (SSSR count). The first-order chi connectivity index (χ1) is 13.2. The van der Waals surface area contributed by atoms with Crippen molar-refractivity contribution >= 4 is 11.9 Å². The summed E-state index contributed by atoms with van der Waals surface area (Å²) in [5.41, 5.74) is 0. The quantitative estimate of drug-likeness (QED) is 0.297. The summed E-state index contributed by atoms with van der Waals surface area (Å²) in [6.45, 7) is 3.11. The maximum absolute atomic E-state index is 11.6. The van der Waals surface area contributed by atoms with Gasteiger partial charge < -0.3 is 14.2 Å². The molecular weight excluding hydrogens is 344 g/mol. The maximum atomic E-state index is 11.6. The van der Waals surface area contributed by atoms with E-state index in [9.17, 15) is 9.59 Å². The van der Waals surface area contributed by atoms with Gasteiger partial charge in [0, 0.05) is 0 Å². The van der Waals surface area contributed by atoms with Crippen molar-refractivity contribution in [2.45, 2.75) is 71.1 Å². The molecule has 0 saturated carbocycles. The zero-order valence-electron chi connectivity index (χ0n) is 16.6. The van der Waals surface area contributed by atoms with Crippen LogP contribution < -0.4 is 4.74 Å². The minimum Gasteiger partial charge on any atom is -0.490 e. The molecule has 1 aromatic rings. The molecule has 0 heterocycles. The summed E-state index contributed by atoms with van der Waals surface area (Å²) in [4.78, 5) is 23.2. The first kappa shape index (κ1) is 23.0. The highest BCUT2D eigenvalue weighted by Crippen LogP contribution is 2.09. The van der Waals surface area contributed by atoms with Gasteiger partial charge in [0.15, 0.2) is 0 Å². The summed E-state index contributed by atoms with van der Waals surface area (Å²) in [5.74, 6) is -0.00999. The number of unbranched alkanes of at least 4 members (excludes halogenated alkanes) is 7. The van der Waals surface area contributed by atoms with Gasteiger partial charge in [0.1, 0.15) is 19.0 Å². The molecule has 0 spiro atoms. The van der Waals surface area contributed by atoms with Gasteiger partial charge in [-0.15, -0.1) is 0 Å². The third kappa shape index (κ3) is 13.8. The summed E-state index contributed by atoms with van der Waals surface area (Å²) < 4.78 is 15.6. The molecule has 0 radical (unpaired) electrons. The average molecular weight is 379 g/mol.